The van der Waals surface area contributed by atoms with E-state index in [2.05, 4.69) is 26.6 Å². The highest BCUT2D eigenvalue weighted by atomic mass is 16.5. The Kier molecular flexibility index (Phi) is 40.1. The number of carbonyl (C=O) groups is 7. The van der Waals surface area contributed by atoms with E-state index in [1.54, 1.807) is 6.92 Å². The number of nitrogens with one attached hydrogen (secondary N) is 5. The smallest absolute Gasteiger partial charge is 0.326 e. The molecule has 18 heteroatoms. The van der Waals surface area contributed by atoms with Crippen LogP contribution in [0.5, 0.6) is 0 Å². The van der Waals surface area contributed by atoms with Crippen molar-refractivity contribution in [3.8, 4) is 0 Å². The van der Waals surface area contributed by atoms with Crippen LogP contribution in [-0.2, 0) is 52.5 Å². The molecule has 18 nitrogen and oxygen atoms in total. The Morgan fingerprint density at radius 2 is 0.803 bits per heavy atom. The van der Waals surface area contributed by atoms with Crippen molar-refractivity contribution in [2.75, 3.05) is 79.0 Å². The van der Waals surface area contributed by atoms with Crippen molar-refractivity contribution in [1.29, 1.82) is 0 Å². The lowest BCUT2D eigenvalue weighted by Gasteiger charge is -2.14. The first kappa shape index (κ1) is 57.1. The van der Waals surface area contributed by atoms with Gasteiger partial charge in [-0.3, -0.25) is 28.8 Å². The van der Waals surface area contributed by atoms with Gasteiger partial charge in [-0.2, -0.15) is 0 Å². The molecule has 0 aromatic carbocycles. The second-order valence-corrected chi connectivity index (χ2v) is 15.0. The maximum absolute atomic E-state index is 12.3. The van der Waals surface area contributed by atoms with Crippen LogP contribution in [0, 0.1) is 0 Å². The molecule has 0 spiro atoms. The third-order valence-electron chi connectivity index (χ3n) is 9.50. The number of ether oxygens (including phenoxy) is 4. The van der Waals surface area contributed by atoms with Crippen LogP contribution in [0.15, 0.2) is 0 Å². The average molecular weight is 874 g/mol. The molecular formula is C43H79N5O13. The maximum atomic E-state index is 12.3. The minimum atomic E-state index is -1.18. The molecule has 0 radical (unpaired) electrons. The molecule has 354 valence electrons. The highest BCUT2D eigenvalue weighted by molar-refractivity contribution is 5.84. The average Bonchev–Trinajstić information content (AvgIpc) is 3.23. The third kappa shape index (κ3) is 42.6. The summed E-state index contributed by atoms with van der Waals surface area (Å²) >= 11 is 0. The number of unbranched alkanes of at least 4 members (excludes halogenated alkanes) is 15. The van der Waals surface area contributed by atoms with E-state index >= 15 is 0 Å². The normalized spacial score (nSPS) is 11.4. The Labute approximate surface area is 363 Å². The van der Waals surface area contributed by atoms with Crippen LogP contribution in [0.3, 0.4) is 0 Å². The number of rotatable bonds is 45. The fraction of sp³-hybridized carbons (Fsp3) is 0.837. The molecule has 0 rings (SSSR count). The topological polar surface area (TPSA) is 257 Å². The van der Waals surface area contributed by atoms with Crippen LogP contribution >= 0.6 is 0 Å². The van der Waals surface area contributed by atoms with E-state index in [-0.39, 0.29) is 121 Å². The van der Waals surface area contributed by atoms with Gasteiger partial charge in [-0.05, 0) is 25.7 Å². The Hall–Kier alpha value is -3.87. The van der Waals surface area contributed by atoms with Crippen LogP contribution in [0.2, 0.25) is 0 Å². The van der Waals surface area contributed by atoms with Gasteiger partial charge in [0.15, 0.2) is 0 Å². The molecule has 0 saturated heterocycles. The lowest BCUT2D eigenvalue weighted by Crippen LogP contribution is -2.41. The Morgan fingerprint density at radius 1 is 0.410 bits per heavy atom. The summed E-state index contributed by atoms with van der Waals surface area (Å²) < 4.78 is 21.3. The van der Waals surface area contributed by atoms with E-state index in [0.29, 0.717) is 32.4 Å². The van der Waals surface area contributed by atoms with Crippen molar-refractivity contribution < 1.29 is 62.7 Å². The molecule has 0 bridgehead atoms. The predicted octanol–water partition coefficient (Wildman–Crippen LogP) is 3.77. The highest BCUT2D eigenvalue weighted by Gasteiger charge is 2.20. The van der Waals surface area contributed by atoms with E-state index in [9.17, 15) is 38.7 Å². The number of carboxylic acid groups (broad SMARTS) is 2. The number of hydrogen-bond donors (Lipinski definition) is 7. The standard InChI is InChI=1S/C43H79N5O13/c1-2-37(49)44-24-19-25-45-40(52)34-60-32-31-59-29-27-47-41(53)35-61-33-30-58-28-26-46-38(50)23-22-36(43(56)57)48-39(51)20-17-15-13-11-9-7-5-3-4-6-8-10-12-14-16-18-21-42(54)55/h36H,2-35H2,1H3,(H,44,49)(H,45,52)(H,46,50)(H,47,53)(H,48,51)(H,54,55)(H,56,57)/t36-/m0/s1. The van der Waals surface area contributed by atoms with Gasteiger partial charge in [-0.25, -0.2) is 4.79 Å². The number of hydrogen-bond acceptors (Lipinski definition) is 11. The molecule has 0 fully saturated rings. The van der Waals surface area contributed by atoms with Gasteiger partial charge in [0, 0.05) is 51.9 Å². The van der Waals surface area contributed by atoms with Gasteiger partial charge < -0.3 is 55.7 Å². The summed E-state index contributed by atoms with van der Waals surface area (Å²) in [5, 5.41) is 31.4. The quantitative estimate of drug-likeness (QED) is 0.0431. The van der Waals surface area contributed by atoms with Gasteiger partial charge in [0.1, 0.15) is 19.3 Å². The summed E-state index contributed by atoms with van der Waals surface area (Å²) in [4.78, 5) is 81.4. The maximum Gasteiger partial charge on any atom is 0.326 e. The van der Waals surface area contributed by atoms with Gasteiger partial charge >= 0.3 is 11.9 Å². The summed E-state index contributed by atoms with van der Waals surface area (Å²) in [6, 6.07) is -1.14. The Morgan fingerprint density at radius 3 is 1.25 bits per heavy atom. The molecule has 5 amide bonds. The minimum absolute atomic E-state index is 0.0227. The Bertz CT molecular complexity index is 1180. The van der Waals surface area contributed by atoms with Crippen molar-refractivity contribution in [1.82, 2.24) is 26.6 Å². The summed E-state index contributed by atoms with van der Waals surface area (Å²) in [5.41, 5.74) is 0. The van der Waals surface area contributed by atoms with Crippen molar-refractivity contribution in [2.45, 2.75) is 154 Å². The second-order valence-electron chi connectivity index (χ2n) is 15.0. The zero-order valence-electron chi connectivity index (χ0n) is 37.0. The summed E-state index contributed by atoms with van der Waals surface area (Å²) in [5.74, 6) is -3.15. The molecule has 61 heavy (non-hydrogen) atoms. The molecule has 0 aliphatic heterocycles. The number of carboxylic acids is 2. The first-order valence-electron chi connectivity index (χ1n) is 22.7. The zero-order valence-corrected chi connectivity index (χ0v) is 37.0. The van der Waals surface area contributed by atoms with E-state index in [1.807, 2.05) is 0 Å². The van der Waals surface area contributed by atoms with Crippen LogP contribution in [0.1, 0.15) is 148 Å². The molecule has 0 saturated carbocycles. The second kappa shape index (κ2) is 42.8. The molecule has 0 aromatic rings. The predicted molar refractivity (Wildman–Crippen MR) is 230 cm³/mol. The van der Waals surface area contributed by atoms with Crippen molar-refractivity contribution in [3.63, 3.8) is 0 Å². The molecule has 0 aliphatic rings. The molecule has 1 atom stereocenters. The zero-order chi connectivity index (χ0) is 45.0. The lowest BCUT2D eigenvalue weighted by atomic mass is 10.0. The monoisotopic (exact) mass is 874 g/mol. The molecule has 0 unspecified atom stereocenters. The van der Waals surface area contributed by atoms with Crippen molar-refractivity contribution in [3.05, 3.63) is 0 Å². The fourth-order valence-corrected chi connectivity index (χ4v) is 5.99. The largest absolute Gasteiger partial charge is 0.481 e. The van der Waals surface area contributed by atoms with Gasteiger partial charge in [-0.1, -0.05) is 96.8 Å². The van der Waals surface area contributed by atoms with Crippen LogP contribution in [-0.4, -0.2) is 137 Å². The summed E-state index contributed by atoms with van der Waals surface area (Å²) in [6.45, 7) is 4.28. The first-order valence-corrected chi connectivity index (χ1v) is 22.7. The molecule has 0 aliphatic carbocycles. The van der Waals surface area contributed by atoms with Gasteiger partial charge in [0.2, 0.25) is 29.5 Å². The first-order chi connectivity index (χ1) is 29.5. The Balaban J connectivity index is 3.63. The molecule has 7 N–H and O–H groups in total. The van der Waals surface area contributed by atoms with E-state index < -0.39 is 18.0 Å². The minimum Gasteiger partial charge on any atom is -0.481 e. The lowest BCUT2D eigenvalue weighted by molar-refractivity contribution is -0.142. The van der Waals surface area contributed by atoms with Crippen molar-refractivity contribution >= 4 is 41.5 Å². The van der Waals surface area contributed by atoms with E-state index in [4.69, 9.17) is 24.1 Å². The van der Waals surface area contributed by atoms with E-state index in [0.717, 1.165) is 38.5 Å². The highest BCUT2D eigenvalue weighted by Crippen LogP contribution is 2.14. The van der Waals surface area contributed by atoms with Crippen LogP contribution in [0.4, 0.5) is 0 Å². The summed E-state index contributed by atoms with van der Waals surface area (Å²) in [7, 11) is 0. The van der Waals surface area contributed by atoms with Crippen LogP contribution in [0.25, 0.3) is 0 Å². The molecule has 0 heterocycles. The molecule has 0 aromatic heterocycles. The van der Waals surface area contributed by atoms with E-state index in [1.165, 1.54) is 57.8 Å². The fourth-order valence-electron chi connectivity index (χ4n) is 5.99. The third-order valence-corrected chi connectivity index (χ3v) is 9.50. The number of carbonyl (C=O) groups excluding carboxylic acids is 5. The van der Waals surface area contributed by atoms with Crippen LogP contribution < -0.4 is 26.6 Å². The SMILES string of the molecule is CCC(=O)NCCCNC(=O)COCCOCCNC(=O)COCCOCCNC(=O)CC[C@H](NC(=O)CCCCCCCCCCCCCCCCCCC(=O)O)C(=O)O. The molecular weight excluding hydrogens is 794 g/mol. The van der Waals surface area contributed by atoms with Gasteiger partial charge in [-0.15, -0.1) is 0 Å². The van der Waals surface area contributed by atoms with Crippen molar-refractivity contribution in [2.24, 2.45) is 0 Å². The summed E-state index contributed by atoms with van der Waals surface area (Å²) in [6.07, 6.45) is 19.4. The number of aliphatic carboxylic acids is 2. The van der Waals surface area contributed by atoms with Gasteiger partial charge in [0.05, 0.1) is 39.6 Å². The van der Waals surface area contributed by atoms with Gasteiger partial charge in [0.25, 0.3) is 0 Å². The number of amides is 5.